The van der Waals surface area contributed by atoms with E-state index in [1.54, 1.807) is 7.05 Å². The molecular formula is C17H35N5O3. The first-order valence-electron chi connectivity index (χ1n) is 8.88. The molecule has 8 nitrogen and oxygen atoms in total. The van der Waals surface area contributed by atoms with Gasteiger partial charge in [-0.15, -0.1) is 0 Å². The predicted molar refractivity (Wildman–Crippen MR) is 100 cm³/mol. The van der Waals surface area contributed by atoms with E-state index in [9.17, 15) is 4.79 Å². The van der Waals surface area contributed by atoms with Crippen molar-refractivity contribution in [1.82, 2.24) is 20.9 Å². The number of aliphatic imine (C=N–C) groups is 1. The van der Waals surface area contributed by atoms with Crippen LogP contribution in [0.2, 0.25) is 0 Å². The van der Waals surface area contributed by atoms with Crippen LogP contribution in [0.4, 0.5) is 4.79 Å². The Kier molecular flexibility index (Phi) is 8.44. The molecule has 1 saturated heterocycles. The zero-order valence-corrected chi connectivity index (χ0v) is 16.6. The van der Waals surface area contributed by atoms with Crippen molar-refractivity contribution in [2.24, 2.45) is 4.99 Å². The Labute approximate surface area is 151 Å². The molecule has 0 radical (unpaired) electrons. The summed E-state index contributed by atoms with van der Waals surface area (Å²) in [6, 6.07) is 0. The van der Waals surface area contributed by atoms with Gasteiger partial charge in [0.1, 0.15) is 5.60 Å². The summed E-state index contributed by atoms with van der Waals surface area (Å²) in [5, 5.41) is 9.25. The highest BCUT2D eigenvalue weighted by molar-refractivity contribution is 5.79. The Balaban J connectivity index is 2.27. The maximum absolute atomic E-state index is 11.6. The van der Waals surface area contributed by atoms with Gasteiger partial charge >= 0.3 is 6.09 Å². The van der Waals surface area contributed by atoms with Gasteiger partial charge in [-0.1, -0.05) is 0 Å². The number of rotatable bonds is 6. The quantitative estimate of drug-likeness (QED) is 0.370. The fraction of sp³-hybridized carbons (Fsp3) is 0.882. The minimum Gasteiger partial charge on any atom is -0.444 e. The van der Waals surface area contributed by atoms with Crippen LogP contribution in [0.25, 0.3) is 0 Å². The zero-order valence-electron chi connectivity index (χ0n) is 16.6. The van der Waals surface area contributed by atoms with E-state index in [4.69, 9.17) is 9.47 Å². The lowest BCUT2D eigenvalue weighted by atomic mass is 10.0. The SMILES string of the molecule is CN=C(NCCNC(=O)OC(C)(C)C)NCC(C)(C)N1CCOCC1. The smallest absolute Gasteiger partial charge is 0.407 e. The molecule has 0 aromatic rings. The van der Waals surface area contributed by atoms with E-state index in [1.807, 2.05) is 20.8 Å². The summed E-state index contributed by atoms with van der Waals surface area (Å²) >= 11 is 0. The maximum atomic E-state index is 11.6. The van der Waals surface area contributed by atoms with Gasteiger partial charge < -0.3 is 25.4 Å². The molecule has 0 aromatic carbocycles. The van der Waals surface area contributed by atoms with Gasteiger partial charge in [-0.2, -0.15) is 0 Å². The molecule has 3 N–H and O–H groups in total. The minimum atomic E-state index is -0.486. The summed E-state index contributed by atoms with van der Waals surface area (Å²) in [5.74, 6) is 0.715. The number of nitrogens with zero attached hydrogens (tertiary/aromatic N) is 2. The second kappa shape index (κ2) is 9.82. The van der Waals surface area contributed by atoms with Crippen molar-refractivity contribution in [3.05, 3.63) is 0 Å². The molecule has 1 aliphatic rings. The number of alkyl carbamates (subject to hydrolysis) is 1. The van der Waals surface area contributed by atoms with Crippen LogP contribution in [0.3, 0.4) is 0 Å². The minimum absolute atomic E-state index is 0.0101. The van der Waals surface area contributed by atoms with E-state index in [1.165, 1.54) is 0 Å². The molecule has 1 fully saturated rings. The zero-order chi connectivity index (χ0) is 18.9. The fourth-order valence-corrected chi connectivity index (χ4v) is 2.46. The molecule has 0 spiro atoms. The average molecular weight is 357 g/mol. The Bertz CT molecular complexity index is 440. The third-order valence-corrected chi connectivity index (χ3v) is 3.86. The number of guanidine groups is 1. The molecule has 0 saturated carbocycles. The predicted octanol–water partition coefficient (Wildman–Crippen LogP) is 0.787. The van der Waals surface area contributed by atoms with E-state index >= 15 is 0 Å². The van der Waals surface area contributed by atoms with Crippen molar-refractivity contribution in [1.29, 1.82) is 0 Å². The largest absolute Gasteiger partial charge is 0.444 e. The van der Waals surface area contributed by atoms with Crippen LogP contribution >= 0.6 is 0 Å². The van der Waals surface area contributed by atoms with Crippen LogP contribution in [0.5, 0.6) is 0 Å². The summed E-state index contributed by atoms with van der Waals surface area (Å²) in [6.45, 7) is 15.2. The number of amides is 1. The molecule has 1 amide bonds. The highest BCUT2D eigenvalue weighted by Gasteiger charge is 2.28. The number of morpholine rings is 1. The number of hydrogen-bond acceptors (Lipinski definition) is 5. The molecule has 8 heteroatoms. The molecule has 1 heterocycles. The van der Waals surface area contributed by atoms with Gasteiger partial charge in [0.15, 0.2) is 5.96 Å². The van der Waals surface area contributed by atoms with Crippen LogP contribution in [-0.2, 0) is 9.47 Å². The molecule has 0 atom stereocenters. The summed E-state index contributed by atoms with van der Waals surface area (Å²) in [4.78, 5) is 18.2. The number of nitrogens with one attached hydrogen (secondary N) is 3. The van der Waals surface area contributed by atoms with Gasteiger partial charge in [0.25, 0.3) is 0 Å². The molecule has 1 aliphatic heterocycles. The monoisotopic (exact) mass is 357 g/mol. The lowest BCUT2D eigenvalue weighted by Crippen LogP contribution is -2.56. The molecule has 146 valence electrons. The van der Waals surface area contributed by atoms with Crippen molar-refractivity contribution < 1.29 is 14.3 Å². The van der Waals surface area contributed by atoms with Crippen molar-refractivity contribution in [3.63, 3.8) is 0 Å². The number of carbonyl (C=O) groups is 1. The fourth-order valence-electron chi connectivity index (χ4n) is 2.46. The standard InChI is InChI=1S/C17H35N5O3/c1-16(2,3)25-15(23)20-8-7-19-14(18-6)21-13-17(4,5)22-9-11-24-12-10-22/h7-13H2,1-6H3,(H,20,23)(H2,18,19,21). The van der Waals surface area contributed by atoms with Crippen molar-refractivity contribution in [2.75, 3.05) is 53.0 Å². The third kappa shape index (κ3) is 8.92. The van der Waals surface area contributed by atoms with Gasteiger partial charge in [0.2, 0.25) is 0 Å². The molecule has 0 unspecified atom stereocenters. The Morgan fingerprint density at radius 2 is 1.68 bits per heavy atom. The normalized spacial score (nSPS) is 17.1. The van der Waals surface area contributed by atoms with Gasteiger partial charge in [-0.25, -0.2) is 4.79 Å². The first kappa shape index (κ1) is 21.5. The number of ether oxygens (including phenoxy) is 2. The van der Waals surface area contributed by atoms with E-state index in [-0.39, 0.29) is 5.54 Å². The van der Waals surface area contributed by atoms with Crippen molar-refractivity contribution in [2.45, 2.75) is 45.8 Å². The third-order valence-electron chi connectivity index (χ3n) is 3.86. The number of hydrogen-bond donors (Lipinski definition) is 3. The molecule has 0 bridgehead atoms. The van der Waals surface area contributed by atoms with Crippen LogP contribution < -0.4 is 16.0 Å². The molecule has 1 rings (SSSR count). The summed E-state index contributed by atoms with van der Waals surface area (Å²) < 4.78 is 10.6. The van der Waals surface area contributed by atoms with Crippen LogP contribution in [-0.4, -0.2) is 81.1 Å². The summed E-state index contributed by atoms with van der Waals surface area (Å²) in [5.41, 5.74) is -0.476. The van der Waals surface area contributed by atoms with E-state index in [0.29, 0.717) is 19.0 Å². The molecular weight excluding hydrogens is 322 g/mol. The van der Waals surface area contributed by atoms with Gasteiger partial charge in [0, 0.05) is 45.3 Å². The Morgan fingerprint density at radius 1 is 1.08 bits per heavy atom. The van der Waals surface area contributed by atoms with E-state index < -0.39 is 11.7 Å². The second-order valence-electron chi connectivity index (χ2n) is 7.69. The maximum Gasteiger partial charge on any atom is 0.407 e. The van der Waals surface area contributed by atoms with Gasteiger partial charge in [0.05, 0.1) is 13.2 Å². The lowest BCUT2D eigenvalue weighted by Gasteiger charge is -2.41. The summed E-state index contributed by atoms with van der Waals surface area (Å²) in [7, 11) is 1.73. The summed E-state index contributed by atoms with van der Waals surface area (Å²) in [6.07, 6.45) is -0.411. The Hall–Kier alpha value is -1.54. The molecule has 0 aromatic heterocycles. The Morgan fingerprint density at radius 3 is 2.24 bits per heavy atom. The highest BCUT2D eigenvalue weighted by Crippen LogP contribution is 2.14. The molecule has 25 heavy (non-hydrogen) atoms. The van der Waals surface area contributed by atoms with E-state index in [2.05, 4.69) is 39.7 Å². The van der Waals surface area contributed by atoms with Crippen molar-refractivity contribution >= 4 is 12.1 Å². The van der Waals surface area contributed by atoms with E-state index in [0.717, 1.165) is 32.8 Å². The highest BCUT2D eigenvalue weighted by atomic mass is 16.6. The molecule has 0 aliphatic carbocycles. The van der Waals surface area contributed by atoms with Gasteiger partial charge in [-0.05, 0) is 34.6 Å². The van der Waals surface area contributed by atoms with Crippen molar-refractivity contribution in [3.8, 4) is 0 Å². The van der Waals surface area contributed by atoms with Crippen LogP contribution in [0, 0.1) is 0 Å². The topological polar surface area (TPSA) is 87.2 Å². The van der Waals surface area contributed by atoms with Crippen LogP contribution in [0.15, 0.2) is 4.99 Å². The number of carbonyl (C=O) groups excluding carboxylic acids is 1. The lowest BCUT2D eigenvalue weighted by molar-refractivity contribution is -0.00833. The van der Waals surface area contributed by atoms with Gasteiger partial charge in [-0.3, -0.25) is 9.89 Å². The van der Waals surface area contributed by atoms with Crippen LogP contribution in [0.1, 0.15) is 34.6 Å². The average Bonchev–Trinajstić information content (AvgIpc) is 2.53. The second-order valence-corrected chi connectivity index (χ2v) is 7.69. The first-order chi connectivity index (χ1) is 11.6. The first-order valence-corrected chi connectivity index (χ1v) is 8.88.